The first kappa shape index (κ1) is 17.2. The Hall–Kier alpha value is -2.18. The average Bonchev–Trinajstić information content (AvgIpc) is 3.12. The Morgan fingerprint density at radius 3 is 2.73 bits per heavy atom. The van der Waals surface area contributed by atoms with Crippen LogP contribution in [0.25, 0.3) is 17.1 Å². The highest BCUT2D eigenvalue weighted by Gasteiger charge is 2.20. The van der Waals surface area contributed by atoms with E-state index in [4.69, 9.17) is 4.74 Å². The molecule has 1 atom stereocenters. The van der Waals surface area contributed by atoms with E-state index in [1.165, 1.54) is 18.4 Å². The molecule has 0 spiro atoms. The molecule has 0 radical (unpaired) electrons. The molecule has 0 unspecified atom stereocenters. The van der Waals surface area contributed by atoms with Crippen LogP contribution in [-0.4, -0.2) is 38.2 Å². The van der Waals surface area contributed by atoms with Crippen LogP contribution >= 0.6 is 11.8 Å². The molecule has 1 saturated heterocycles. The lowest BCUT2D eigenvalue weighted by Crippen LogP contribution is -2.21. The fourth-order valence-corrected chi connectivity index (χ4v) is 4.20. The number of para-hydroxylation sites is 1. The van der Waals surface area contributed by atoms with Crippen LogP contribution in [0.4, 0.5) is 0 Å². The second-order valence-electron chi connectivity index (χ2n) is 6.46. The topological polar surface area (TPSA) is 52.8 Å². The van der Waals surface area contributed by atoms with E-state index in [1.54, 1.807) is 24.2 Å². The van der Waals surface area contributed by atoms with Gasteiger partial charge in [-0.05, 0) is 49.9 Å². The van der Waals surface area contributed by atoms with Crippen LogP contribution < -0.4 is 0 Å². The quantitative estimate of drug-likeness (QED) is 0.630. The minimum Gasteiger partial charge on any atom is -0.377 e. The number of benzene rings is 1. The number of aryl methyl sites for hydroxylation is 1. The number of aromatic nitrogens is 4. The van der Waals surface area contributed by atoms with Crippen molar-refractivity contribution in [3.05, 3.63) is 54.4 Å². The normalized spacial score (nSPS) is 17.3. The molecule has 4 rings (SSSR count). The first-order valence-electron chi connectivity index (χ1n) is 8.99. The van der Waals surface area contributed by atoms with Crippen LogP contribution in [0.5, 0.6) is 0 Å². The summed E-state index contributed by atoms with van der Waals surface area (Å²) in [6, 6.07) is 12.3. The molecule has 0 amide bonds. The molecule has 3 aromatic rings. The van der Waals surface area contributed by atoms with Gasteiger partial charge in [-0.3, -0.25) is 9.55 Å². The predicted octanol–water partition coefficient (Wildman–Crippen LogP) is 4.30. The van der Waals surface area contributed by atoms with Gasteiger partial charge in [-0.15, -0.1) is 10.2 Å². The fourth-order valence-electron chi connectivity index (χ4n) is 3.19. The van der Waals surface area contributed by atoms with Crippen LogP contribution in [0.1, 0.15) is 24.8 Å². The van der Waals surface area contributed by atoms with Crippen molar-refractivity contribution in [1.82, 2.24) is 19.7 Å². The SMILES string of the molecule is Cc1ccccc1-n1c(SC[C@@H]2CCCCO2)nnc1-c1ccncc1. The van der Waals surface area contributed by atoms with Crippen molar-refractivity contribution < 1.29 is 4.74 Å². The molecule has 3 heterocycles. The maximum Gasteiger partial charge on any atom is 0.196 e. The van der Waals surface area contributed by atoms with Gasteiger partial charge in [-0.2, -0.15) is 0 Å². The summed E-state index contributed by atoms with van der Waals surface area (Å²) in [6.07, 6.45) is 7.43. The Balaban J connectivity index is 1.70. The molecule has 0 aliphatic carbocycles. The van der Waals surface area contributed by atoms with Gasteiger partial charge in [0.2, 0.25) is 0 Å². The molecule has 5 nitrogen and oxygen atoms in total. The standard InChI is InChI=1S/C20H22N4OS/c1-15-6-2-3-8-18(15)24-19(16-9-11-21-12-10-16)22-23-20(24)26-14-17-7-4-5-13-25-17/h2-3,6,8-12,17H,4-5,7,13-14H2,1H3/t17-/m0/s1. The lowest BCUT2D eigenvalue weighted by Gasteiger charge is -2.22. The Kier molecular flexibility index (Phi) is 5.32. The second-order valence-corrected chi connectivity index (χ2v) is 7.45. The summed E-state index contributed by atoms with van der Waals surface area (Å²) in [5.74, 6) is 1.74. The lowest BCUT2D eigenvalue weighted by atomic mass is 10.1. The van der Waals surface area contributed by atoms with Crippen LogP contribution in [0.2, 0.25) is 0 Å². The highest BCUT2D eigenvalue weighted by Crippen LogP contribution is 2.30. The maximum absolute atomic E-state index is 5.87. The third kappa shape index (κ3) is 3.66. The lowest BCUT2D eigenvalue weighted by molar-refractivity contribution is 0.0315. The van der Waals surface area contributed by atoms with Gasteiger partial charge in [0.05, 0.1) is 11.8 Å². The third-order valence-corrected chi connectivity index (χ3v) is 5.66. The van der Waals surface area contributed by atoms with Gasteiger partial charge in [0.15, 0.2) is 11.0 Å². The maximum atomic E-state index is 5.87. The van der Waals surface area contributed by atoms with Crippen molar-refractivity contribution in [2.45, 2.75) is 37.4 Å². The zero-order chi connectivity index (χ0) is 17.8. The van der Waals surface area contributed by atoms with E-state index in [2.05, 4.69) is 50.9 Å². The number of hydrogen-bond donors (Lipinski definition) is 0. The Bertz CT molecular complexity index is 859. The molecule has 1 aromatic carbocycles. The first-order chi connectivity index (χ1) is 12.8. The van der Waals surface area contributed by atoms with Gasteiger partial charge >= 0.3 is 0 Å². The number of hydrogen-bond acceptors (Lipinski definition) is 5. The van der Waals surface area contributed by atoms with Gasteiger partial charge < -0.3 is 4.74 Å². The van der Waals surface area contributed by atoms with Gasteiger partial charge in [-0.1, -0.05) is 30.0 Å². The summed E-state index contributed by atoms with van der Waals surface area (Å²) in [6.45, 7) is 2.99. The molecule has 1 aliphatic rings. The van der Waals surface area contributed by atoms with Crippen LogP contribution in [0.3, 0.4) is 0 Å². The molecule has 26 heavy (non-hydrogen) atoms. The summed E-state index contributed by atoms with van der Waals surface area (Å²) in [5, 5.41) is 9.89. The highest BCUT2D eigenvalue weighted by molar-refractivity contribution is 7.99. The number of thioether (sulfide) groups is 1. The van der Waals surface area contributed by atoms with E-state index in [0.717, 1.165) is 41.0 Å². The van der Waals surface area contributed by atoms with Crippen molar-refractivity contribution in [1.29, 1.82) is 0 Å². The zero-order valence-electron chi connectivity index (χ0n) is 14.8. The van der Waals surface area contributed by atoms with Gasteiger partial charge in [0.25, 0.3) is 0 Å². The van der Waals surface area contributed by atoms with Gasteiger partial charge in [0, 0.05) is 30.3 Å². The van der Waals surface area contributed by atoms with E-state index in [-0.39, 0.29) is 0 Å². The van der Waals surface area contributed by atoms with Crippen LogP contribution in [0, 0.1) is 6.92 Å². The minimum atomic E-state index is 0.306. The second kappa shape index (κ2) is 8.01. The van der Waals surface area contributed by atoms with E-state index in [0.29, 0.717) is 6.10 Å². The summed E-state index contributed by atoms with van der Waals surface area (Å²) in [5.41, 5.74) is 3.31. The van der Waals surface area contributed by atoms with E-state index in [9.17, 15) is 0 Å². The molecule has 1 aliphatic heterocycles. The number of nitrogens with zero attached hydrogens (tertiary/aromatic N) is 4. The zero-order valence-corrected chi connectivity index (χ0v) is 15.7. The minimum absolute atomic E-state index is 0.306. The van der Waals surface area contributed by atoms with Crippen LogP contribution in [-0.2, 0) is 4.74 Å². The Labute approximate surface area is 157 Å². The molecule has 0 N–H and O–H groups in total. The summed E-state index contributed by atoms with van der Waals surface area (Å²) >= 11 is 1.72. The fraction of sp³-hybridized carbons (Fsp3) is 0.350. The molecule has 2 aromatic heterocycles. The Morgan fingerprint density at radius 2 is 1.96 bits per heavy atom. The van der Waals surface area contributed by atoms with Gasteiger partial charge in [-0.25, -0.2) is 0 Å². The van der Waals surface area contributed by atoms with E-state index >= 15 is 0 Å². The number of rotatable bonds is 5. The van der Waals surface area contributed by atoms with E-state index < -0.39 is 0 Å². The van der Waals surface area contributed by atoms with Crippen molar-refractivity contribution >= 4 is 11.8 Å². The van der Waals surface area contributed by atoms with Crippen molar-refractivity contribution in [2.24, 2.45) is 0 Å². The molecule has 1 fully saturated rings. The van der Waals surface area contributed by atoms with Crippen molar-refractivity contribution in [3.8, 4) is 17.1 Å². The first-order valence-corrected chi connectivity index (χ1v) is 9.98. The van der Waals surface area contributed by atoms with Gasteiger partial charge in [0.1, 0.15) is 0 Å². The highest BCUT2D eigenvalue weighted by atomic mass is 32.2. The molecule has 6 heteroatoms. The smallest absolute Gasteiger partial charge is 0.196 e. The van der Waals surface area contributed by atoms with Crippen molar-refractivity contribution in [3.63, 3.8) is 0 Å². The molecule has 134 valence electrons. The summed E-state index contributed by atoms with van der Waals surface area (Å²) in [4.78, 5) is 4.12. The van der Waals surface area contributed by atoms with Crippen LogP contribution in [0.15, 0.2) is 53.9 Å². The molecule has 0 saturated carbocycles. The summed E-state index contributed by atoms with van der Waals surface area (Å²) < 4.78 is 8.02. The Morgan fingerprint density at radius 1 is 1.12 bits per heavy atom. The molecular formula is C20H22N4OS. The van der Waals surface area contributed by atoms with E-state index in [1.807, 2.05) is 12.1 Å². The third-order valence-electron chi connectivity index (χ3n) is 4.60. The monoisotopic (exact) mass is 366 g/mol. The summed E-state index contributed by atoms with van der Waals surface area (Å²) in [7, 11) is 0. The molecule has 0 bridgehead atoms. The predicted molar refractivity (Wildman–Crippen MR) is 104 cm³/mol. The largest absolute Gasteiger partial charge is 0.377 e. The molecular weight excluding hydrogens is 344 g/mol. The number of ether oxygens (including phenoxy) is 1. The number of pyridine rings is 1. The average molecular weight is 366 g/mol. The van der Waals surface area contributed by atoms with Crippen molar-refractivity contribution in [2.75, 3.05) is 12.4 Å².